The number of rotatable bonds is 8. The van der Waals surface area contributed by atoms with E-state index in [2.05, 4.69) is 34.9 Å². The van der Waals surface area contributed by atoms with Crippen molar-refractivity contribution in [2.24, 2.45) is 11.8 Å². The molecule has 3 N–H and O–H groups in total. The van der Waals surface area contributed by atoms with Crippen LogP contribution in [0.15, 0.2) is 60.7 Å². The zero-order valence-corrected chi connectivity index (χ0v) is 28.9. The van der Waals surface area contributed by atoms with Gasteiger partial charge in [-0.25, -0.2) is 9.59 Å². The van der Waals surface area contributed by atoms with E-state index in [-0.39, 0.29) is 50.0 Å². The molecular weight excluding hydrogens is 634 g/mol. The van der Waals surface area contributed by atoms with Crippen molar-refractivity contribution in [2.45, 2.75) is 101 Å². The molecule has 10 heteroatoms. The summed E-state index contributed by atoms with van der Waals surface area (Å²) in [4.78, 5) is 55.4. The highest BCUT2D eigenvalue weighted by Crippen LogP contribution is 2.44. The normalized spacial score (nSPS) is 24.9. The number of fused-ring (bicyclic) bond motifs is 3. The van der Waals surface area contributed by atoms with Gasteiger partial charge in [-0.05, 0) is 66.7 Å². The minimum absolute atomic E-state index is 0.0171. The Labute approximate surface area is 295 Å². The summed E-state index contributed by atoms with van der Waals surface area (Å²) in [6.45, 7) is 0.625. The highest BCUT2D eigenvalue weighted by molar-refractivity contribution is 5.86. The second kappa shape index (κ2) is 17.2. The highest BCUT2D eigenvalue weighted by Gasteiger charge is 2.34. The quantitative estimate of drug-likeness (QED) is 0.243. The molecule has 2 aromatic carbocycles. The fraction of sp³-hybridized carbons (Fsp3) is 0.550. The molecule has 1 saturated heterocycles. The fourth-order valence-corrected chi connectivity index (χ4v) is 8.23. The number of ether oxygens (including phenoxy) is 2. The lowest BCUT2D eigenvalue weighted by molar-refractivity contribution is -0.148. The Morgan fingerprint density at radius 1 is 0.920 bits per heavy atom. The lowest BCUT2D eigenvalue weighted by Crippen LogP contribution is -2.47. The van der Waals surface area contributed by atoms with Crippen LogP contribution in [0.25, 0.3) is 11.1 Å². The van der Waals surface area contributed by atoms with E-state index in [9.17, 15) is 24.3 Å². The second-order valence-corrected chi connectivity index (χ2v) is 14.3. The molecule has 50 heavy (non-hydrogen) atoms. The molecule has 2 aliphatic heterocycles. The number of alkyl carbamates (subject to hydrolysis) is 1. The molecule has 4 atom stereocenters. The lowest BCUT2D eigenvalue weighted by atomic mass is 9.84. The van der Waals surface area contributed by atoms with Crippen LogP contribution in [0.4, 0.5) is 4.79 Å². The van der Waals surface area contributed by atoms with E-state index in [4.69, 9.17) is 9.47 Å². The number of amides is 3. The fourth-order valence-electron chi connectivity index (χ4n) is 8.23. The van der Waals surface area contributed by atoms with Crippen LogP contribution in [0.5, 0.6) is 0 Å². The number of aliphatic hydroxyl groups excluding tert-OH is 1. The molecule has 0 radical (unpaired) electrons. The molecule has 4 unspecified atom stereocenters. The van der Waals surface area contributed by atoms with E-state index in [1.54, 1.807) is 4.90 Å². The Bertz CT molecular complexity index is 1490. The molecule has 0 spiro atoms. The van der Waals surface area contributed by atoms with Crippen LogP contribution in [-0.4, -0.2) is 78.4 Å². The van der Waals surface area contributed by atoms with E-state index in [1.807, 2.05) is 36.4 Å². The van der Waals surface area contributed by atoms with Crippen molar-refractivity contribution in [2.75, 3.05) is 26.4 Å². The number of aliphatic hydroxyl groups is 1. The number of benzene rings is 2. The maximum atomic E-state index is 13.7. The third kappa shape index (κ3) is 8.75. The van der Waals surface area contributed by atoms with E-state index in [1.165, 1.54) is 6.42 Å². The molecule has 4 aliphatic rings. The summed E-state index contributed by atoms with van der Waals surface area (Å²) >= 11 is 0. The van der Waals surface area contributed by atoms with Crippen LogP contribution < -0.4 is 10.6 Å². The third-order valence-electron chi connectivity index (χ3n) is 10.9. The summed E-state index contributed by atoms with van der Waals surface area (Å²) in [6, 6.07) is 14.7. The maximum Gasteiger partial charge on any atom is 0.407 e. The van der Waals surface area contributed by atoms with Crippen molar-refractivity contribution in [3.8, 4) is 11.1 Å². The first kappa shape index (κ1) is 35.6. The Kier molecular flexibility index (Phi) is 12.2. The molecule has 268 valence electrons. The van der Waals surface area contributed by atoms with Gasteiger partial charge in [0.1, 0.15) is 19.3 Å². The lowest BCUT2D eigenvalue weighted by Gasteiger charge is -2.29. The number of hydrogen-bond donors (Lipinski definition) is 3. The molecule has 1 saturated carbocycles. The number of hydrogen-bond acceptors (Lipinski definition) is 7. The molecular formula is C40H51N3O7. The van der Waals surface area contributed by atoms with Gasteiger partial charge in [0.2, 0.25) is 11.8 Å². The topological polar surface area (TPSA) is 134 Å². The number of esters is 1. The van der Waals surface area contributed by atoms with Crippen molar-refractivity contribution < 1.29 is 33.8 Å². The van der Waals surface area contributed by atoms with Gasteiger partial charge in [-0.3, -0.25) is 9.59 Å². The Balaban J connectivity index is 1.12. The van der Waals surface area contributed by atoms with E-state index in [0.29, 0.717) is 38.1 Å². The number of carbonyl (C=O) groups excluding carboxylic acids is 4. The summed E-state index contributed by atoms with van der Waals surface area (Å²) in [7, 11) is 0. The average Bonchev–Trinajstić information content (AvgIpc) is 3.75. The van der Waals surface area contributed by atoms with Crippen molar-refractivity contribution in [1.82, 2.24) is 15.5 Å². The van der Waals surface area contributed by atoms with Crippen LogP contribution in [0.2, 0.25) is 0 Å². The van der Waals surface area contributed by atoms with Gasteiger partial charge in [-0.15, -0.1) is 0 Å². The largest absolute Gasteiger partial charge is 0.462 e. The van der Waals surface area contributed by atoms with Gasteiger partial charge in [0.25, 0.3) is 0 Å². The Morgan fingerprint density at radius 3 is 2.36 bits per heavy atom. The predicted molar refractivity (Wildman–Crippen MR) is 189 cm³/mol. The molecule has 2 aromatic rings. The summed E-state index contributed by atoms with van der Waals surface area (Å²) < 4.78 is 11.6. The molecule has 0 aromatic heterocycles. The van der Waals surface area contributed by atoms with Gasteiger partial charge in [0.05, 0.1) is 24.6 Å². The Morgan fingerprint density at radius 2 is 1.64 bits per heavy atom. The minimum Gasteiger partial charge on any atom is -0.462 e. The van der Waals surface area contributed by atoms with Crippen LogP contribution >= 0.6 is 0 Å². The van der Waals surface area contributed by atoms with Gasteiger partial charge >= 0.3 is 12.1 Å². The van der Waals surface area contributed by atoms with E-state index in [0.717, 1.165) is 60.8 Å². The third-order valence-corrected chi connectivity index (χ3v) is 10.9. The zero-order chi connectivity index (χ0) is 34.9. The molecule has 3 amide bonds. The summed E-state index contributed by atoms with van der Waals surface area (Å²) in [5, 5.41) is 15.7. The highest BCUT2D eigenvalue weighted by atomic mass is 16.6. The first-order valence-corrected chi connectivity index (χ1v) is 18.5. The van der Waals surface area contributed by atoms with Gasteiger partial charge in [0.15, 0.2) is 0 Å². The number of cyclic esters (lactones) is 1. The monoisotopic (exact) mass is 685 g/mol. The van der Waals surface area contributed by atoms with E-state index >= 15 is 0 Å². The number of nitrogens with zero attached hydrogens (tertiary/aromatic N) is 1. The van der Waals surface area contributed by atoms with Gasteiger partial charge in [-0.2, -0.15) is 0 Å². The molecule has 2 fully saturated rings. The Hall–Kier alpha value is -4.18. The van der Waals surface area contributed by atoms with Crippen LogP contribution in [0.1, 0.15) is 94.1 Å². The summed E-state index contributed by atoms with van der Waals surface area (Å²) in [5.41, 5.74) is 4.48. The molecule has 6 rings (SSSR count). The van der Waals surface area contributed by atoms with Gasteiger partial charge < -0.3 is 30.1 Å². The van der Waals surface area contributed by atoms with Crippen molar-refractivity contribution in [3.05, 3.63) is 71.8 Å². The van der Waals surface area contributed by atoms with Crippen molar-refractivity contribution >= 4 is 23.9 Å². The standard InChI is InChI=1S/C40H51N3O7/c44-24-30-15-11-21-43(30)37(45)23-28-14-5-2-6-20-36(39(47)49-25-29(41-38(28)46)22-27-12-3-1-4-13-27)42-40(48)50-26-35-33-18-9-7-16-31(33)32-17-8-10-19-34(32)35/h2,5,7-10,16-19,27-30,35-36,44H,1,3-4,6,11-15,20-26H2,(H,41,46)(H,42,48). The smallest absolute Gasteiger partial charge is 0.407 e. The molecule has 2 heterocycles. The van der Waals surface area contributed by atoms with Gasteiger partial charge in [0, 0.05) is 18.9 Å². The average molecular weight is 686 g/mol. The first-order chi connectivity index (χ1) is 24.4. The molecule has 2 aliphatic carbocycles. The first-order valence-electron chi connectivity index (χ1n) is 18.5. The summed E-state index contributed by atoms with van der Waals surface area (Å²) in [6.07, 6.45) is 12.1. The predicted octanol–water partition coefficient (Wildman–Crippen LogP) is 5.62. The SMILES string of the molecule is O=C(NC1CCC=CCC(CC(=O)N2CCCC2CO)C(=O)NC(CC2CCCCC2)COC1=O)OCC1c2ccccc2-c2ccccc21. The van der Waals surface area contributed by atoms with E-state index < -0.39 is 30.1 Å². The maximum absolute atomic E-state index is 13.7. The molecule has 0 bridgehead atoms. The summed E-state index contributed by atoms with van der Waals surface area (Å²) in [5.74, 6) is -1.20. The zero-order valence-electron chi connectivity index (χ0n) is 28.9. The van der Waals surface area contributed by atoms with Crippen LogP contribution in [-0.2, 0) is 23.9 Å². The van der Waals surface area contributed by atoms with Crippen LogP contribution in [0, 0.1) is 11.8 Å². The van der Waals surface area contributed by atoms with Crippen molar-refractivity contribution in [1.29, 1.82) is 0 Å². The number of carbonyl (C=O) groups is 4. The van der Waals surface area contributed by atoms with Gasteiger partial charge in [-0.1, -0.05) is 92.8 Å². The number of likely N-dealkylation sites (tertiary alicyclic amines) is 1. The second-order valence-electron chi connectivity index (χ2n) is 14.3. The number of nitrogens with one attached hydrogen (secondary N) is 2. The van der Waals surface area contributed by atoms with Crippen molar-refractivity contribution in [3.63, 3.8) is 0 Å². The number of allylic oxidation sites excluding steroid dienone is 2. The molecule has 10 nitrogen and oxygen atoms in total. The van der Waals surface area contributed by atoms with Crippen LogP contribution in [0.3, 0.4) is 0 Å². The minimum atomic E-state index is -0.926.